The Bertz CT molecular complexity index is 1110. The number of hydrogen-bond donors (Lipinski definition) is 3. The summed E-state index contributed by atoms with van der Waals surface area (Å²) in [4.78, 5) is 36.9. The molecule has 1 fully saturated rings. The van der Waals surface area contributed by atoms with Gasteiger partial charge >= 0.3 is 0 Å². The van der Waals surface area contributed by atoms with Gasteiger partial charge in [-0.25, -0.2) is 24.9 Å². The molecule has 1 amide bonds. The van der Waals surface area contributed by atoms with Crippen LogP contribution in [0.4, 0.5) is 5.82 Å². The molecule has 1 aliphatic heterocycles. The molecule has 0 spiro atoms. The lowest BCUT2D eigenvalue weighted by Crippen LogP contribution is -2.48. The van der Waals surface area contributed by atoms with Crippen molar-refractivity contribution in [2.24, 2.45) is 0 Å². The molecule has 1 aliphatic rings. The van der Waals surface area contributed by atoms with Gasteiger partial charge in [0, 0.05) is 32.0 Å². The van der Waals surface area contributed by atoms with E-state index in [9.17, 15) is 13.9 Å². The summed E-state index contributed by atoms with van der Waals surface area (Å²) < 4.78 is 21.6. The zero-order valence-corrected chi connectivity index (χ0v) is 19.2. The summed E-state index contributed by atoms with van der Waals surface area (Å²) in [7, 11) is -2.56. The molecule has 4 rings (SSSR count). The van der Waals surface area contributed by atoms with Gasteiger partial charge in [0.25, 0.3) is 0 Å². The standard InChI is InChI=1S/C20H28N8O3S/c1-4-15(20(29)27-6-8-32(30,31)9-7-27)25-17-16-19(24-12-23-17)28(5-2)18(26-16)14-10-21-13(3)22-11-14/h10-12,15,30-31H,4-9H2,1-3H3,(H,23,24,25)/t15-/m1/s1. The molecule has 0 aliphatic carbocycles. The summed E-state index contributed by atoms with van der Waals surface area (Å²) in [6, 6.07) is -0.508. The summed E-state index contributed by atoms with van der Waals surface area (Å²) in [6.45, 7) is 7.07. The lowest BCUT2D eigenvalue weighted by atomic mass is 10.2. The monoisotopic (exact) mass is 460 g/mol. The van der Waals surface area contributed by atoms with E-state index in [1.165, 1.54) is 6.33 Å². The molecule has 3 aromatic rings. The highest BCUT2D eigenvalue weighted by atomic mass is 32.3. The van der Waals surface area contributed by atoms with Crippen LogP contribution in [0.2, 0.25) is 0 Å². The summed E-state index contributed by atoms with van der Waals surface area (Å²) in [6.07, 6.45) is 5.47. The topological polar surface area (TPSA) is 142 Å². The number of nitrogens with one attached hydrogen (secondary N) is 1. The molecule has 0 aromatic carbocycles. The summed E-state index contributed by atoms with van der Waals surface area (Å²) in [5, 5.41) is 3.25. The third-order valence-corrected chi connectivity index (χ3v) is 7.27. The largest absolute Gasteiger partial charge is 0.356 e. The number of carbonyl (C=O) groups is 1. The van der Waals surface area contributed by atoms with Crippen molar-refractivity contribution in [2.45, 2.75) is 39.8 Å². The van der Waals surface area contributed by atoms with Crippen molar-refractivity contribution >= 4 is 33.5 Å². The Labute approximate surface area is 187 Å². The van der Waals surface area contributed by atoms with Crippen molar-refractivity contribution in [1.82, 2.24) is 34.4 Å². The van der Waals surface area contributed by atoms with Gasteiger partial charge in [-0.05, 0) is 20.3 Å². The molecule has 0 radical (unpaired) electrons. The number of amides is 1. The van der Waals surface area contributed by atoms with Crippen LogP contribution in [0.15, 0.2) is 18.7 Å². The minimum absolute atomic E-state index is 0.0868. The Morgan fingerprint density at radius 2 is 1.84 bits per heavy atom. The van der Waals surface area contributed by atoms with Crippen LogP contribution in [0.25, 0.3) is 22.6 Å². The number of hydrogen-bond acceptors (Lipinski definition) is 9. The predicted molar refractivity (Wildman–Crippen MR) is 124 cm³/mol. The van der Waals surface area contributed by atoms with Crippen molar-refractivity contribution in [3.05, 3.63) is 24.5 Å². The van der Waals surface area contributed by atoms with E-state index < -0.39 is 16.6 Å². The van der Waals surface area contributed by atoms with Gasteiger partial charge in [0.05, 0.1) is 17.1 Å². The summed E-state index contributed by atoms with van der Waals surface area (Å²) in [5.74, 6) is 2.20. The maximum absolute atomic E-state index is 13.1. The van der Waals surface area contributed by atoms with Crippen molar-refractivity contribution in [2.75, 3.05) is 29.9 Å². The number of anilines is 1. The highest BCUT2D eigenvalue weighted by molar-refractivity contribution is 8.24. The van der Waals surface area contributed by atoms with Crippen molar-refractivity contribution in [3.63, 3.8) is 0 Å². The van der Waals surface area contributed by atoms with Gasteiger partial charge in [0.2, 0.25) is 5.91 Å². The van der Waals surface area contributed by atoms with Crippen molar-refractivity contribution < 1.29 is 13.9 Å². The Morgan fingerprint density at radius 1 is 1.16 bits per heavy atom. The Balaban J connectivity index is 1.64. The number of fused-ring (bicyclic) bond motifs is 1. The molecule has 0 saturated carbocycles. The van der Waals surface area contributed by atoms with E-state index in [2.05, 4.69) is 25.3 Å². The van der Waals surface area contributed by atoms with Crippen LogP contribution in [-0.4, -0.2) is 80.0 Å². The highest BCUT2D eigenvalue weighted by Crippen LogP contribution is 2.40. The molecular formula is C20H28N8O3S. The minimum atomic E-state index is -2.56. The molecule has 12 heteroatoms. The van der Waals surface area contributed by atoms with Crippen LogP contribution < -0.4 is 5.32 Å². The fourth-order valence-electron chi connectivity index (χ4n) is 3.74. The van der Waals surface area contributed by atoms with Crippen LogP contribution in [0.1, 0.15) is 26.1 Å². The predicted octanol–water partition coefficient (Wildman–Crippen LogP) is 2.39. The van der Waals surface area contributed by atoms with Gasteiger partial charge in [-0.3, -0.25) is 13.9 Å². The molecule has 172 valence electrons. The van der Waals surface area contributed by atoms with Gasteiger partial charge in [0.1, 0.15) is 24.0 Å². The first-order chi connectivity index (χ1) is 15.3. The first-order valence-electron chi connectivity index (χ1n) is 10.6. The number of aromatic nitrogens is 6. The van der Waals surface area contributed by atoms with E-state index in [1.54, 1.807) is 17.3 Å². The number of imidazole rings is 1. The average molecular weight is 461 g/mol. The lowest BCUT2D eigenvalue weighted by molar-refractivity contribution is -0.131. The Kier molecular flexibility index (Phi) is 6.26. The molecule has 0 bridgehead atoms. The SMILES string of the molecule is CC[C@@H](Nc1ncnc2c1nc(-c1cnc(C)nc1)n2CC)C(=O)N1CCS(O)(O)CC1. The normalized spacial score (nSPS) is 17.8. The second kappa shape index (κ2) is 8.96. The number of rotatable bonds is 6. The van der Waals surface area contributed by atoms with Crippen molar-refractivity contribution in [3.8, 4) is 11.4 Å². The fourth-order valence-corrected chi connectivity index (χ4v) is 4.97. The molecule has 1 saturated heterocycles. The van der Waals surface area contributed by atoms with Crippen LogP contribution in [0.3, 0.4) is 0 Å². The summed E-state index contributed by atoms with van der Waals surface area (Å²) >= 11 is 0. The Morgan fingerprint density at radius 3 is 2.47 bits per heavy atom. The number of nitrogens with zero attached hydrogens (tertiary/aromatic N) is 7. The molecule has 11 nitrogen and oxygen atoms in total. The molecule has 3 aromatic heterocycles. The lowest BCUT2D eigenvalue weighted by Gasteiger charge is -2.41. The van der Waals surface area contributed by atoms with E-state index in [0.717, 1.165) is 5.56 Å². The first-order valence-corrected chi connectivity index (χ1v) is 12.5. The molecule has 1 atom stereocenters. The summed E-state index contributed by atoms with van der Waals surface area (Å²) in [5.41, 5.74) is 2.01. The van der Waals surface area contributed by atoms with Crippen LogP contribution in [0.5, 0.6) is 0 Å². The third kappa shape index (κ3) is 4.38. The quantitative estimate of drug-likeness (QED) is 0.505. The zero-order valence-electron chi connectivity index (χ0n) is 18.4. The van der Waals surface area contributed by atoms with E-state index in [1.807, 2.05) is 25.3 Å². The first kappa shape index (κ1) is 22.4. The molecule has 3 N–H and O–H groups in total. The van der Waals surface area contributed by atoms with Crippen LogP contribution >= 0.6 is 10.6 Å². The maximum atomic E-state index is 13.1. The van der Waals surface area contributed by atoms with Crippen LogP contribution in [-0.2, 0) is 11.3 Å². The second-order valence-electron chi connectivity index (χ2n) is 7.73. The smallest absolute Gasteiger partial charge is 0.245 e. The number of carbonyl (C=O) groups excluding carboxylic acids is 1. The Hall–Kier alpha value is -2.83. The minimum Gasteiger partial charge on any atom is -0.356 e. The number of aryl methyl sites for hydroxylation is 2. The van der Waals surface area contributed by atoms with E-state index in [0.29, 0.717) is 54.7 Å². The third-order valence-electron chi connectivity index (χ3n) is 5.59. The molecular weight excluding hydrogens is 432 g/mol. The van der Waals surface area contributed by atoms with E-state index >= 15 is 0 Å². The maximum Gasteiger partial charge on any atom is 0.245 e. The van der Waals surface area contributed by atoms with Gasteiger partial charge in [-0.15, -0.1) is 0 Å². The fraction of sp³-hybridized carbons (Fsp3) is 0.500. The van der Waals surface area contributed by atoms with E-state index in [4.69, 9.17) is 4.98 Å². The zero-order chi connectivity index (χ0) is 22.9. The molecule has 4 heterocycles. The second-order valence-corrected chi connectivity index (χ2v) is 10.2. The van der Waals surface area contributed by atoms with Gasteiger partial charge in [0.15, 0.2) is 17.0 Å². The van der Waals surface area contributed by atoms with Gasteiger partial charge in [-0.2, -0.15) is 10.6 Å². The van der Waals surface area contributed by atoms with E-state index in [-0.39, 0.29) is 17.4 Å². The van der Waals surface area contributed by atoms with Crippen molar-refractivity contribution in [1.29, 1.82) is 0 Å². The molecule has 0 unspecified atom stereocenters. The van der Waals surface area contributed by atoms with Crippen LogP contribution in [0, 0.1) is 6.92 Å². The highest BCUT2D eigenvalue weighted by Gasteiger charge is 2.30. The molecule has 32 heavy (non-hydrogen) atoms. The van der Waals surface area contributed by atoms with Gasteiger partial charge in [-0.1, -0.05) is 6.92 Å². The van der Waals surface area contributed by atoms with Gasteiger partial charge < -0.3 is 14.8 Å². The average Bonchev–Trinajstić information content (AvgIpc) is 3.17.